The highest BCUT2D eigenvalue weighted by Gasteiger charge is 2.28. The lowest BCUT2D eigenvalue weighted by Crippen LogP contribution is -2.30. The Kier molecular flexibility index (Phi) is 6.66. The van der Waals surface area contributed by atoms with Crippen LogP contribution in [0.15, 0.2) is 124 Å². The van der Waals surface area contributed by atoms with Crippen LogP contribution in [-0.4, -0.2) is 26.4 Å². The summed E-state index contributed by atoms with van der Waals surface area (Å²) < 4.78 is 7.91. The predicted molar refractivity (Wildman–Crippen MR) is 147 cm³/mol. The Morgan fingerprint density at radius 1 is 0.757 bits per heavy atom. The first-order valence-corrected chi connectivity index (χ1v) is 13.6. The second-order valence-electron chi connectivity index (χ2n) is 8.23. The summed E-state index contributed by atoms with van der Waals surface area (Å²) in [5.41, 5.74) is 2.72. The van der Waals surface area contributed by atoms with E-state index in [1.54, 1.807) is 11.8 Å². The molecule has 0 N–H and O–H groups in total. The van der Waals surface area contributed by atoms with E-state index in [0.29, 0.717) is 11.0 Å². The summed E-state index contributed by atoms with van der Waals surface area (Å²) in [6, 6.07) is 35.5. The Bertz CT molecular complexity index is 1490. The van der Waals surface area contributed by atoms with Gasteiger partial charge in [0.2, 0.25) is 5.91 Å². The van der Waals surface area contributed by atoms with Gasteiger partial charge >= 0.3 is 0 Å². The molecule has 0 radical (unpaired) electrons. The van der Waals surface area contributed by atoms with E-state index in [1.165, 1.54) is 11.8 Å². The molecule has 0 atom stereocenters. The maximum atomic E-state index is 13.7. The van der Waals surface area contributed by atoms with Crippen LogP contribution in [0.3, 0.4) is 0 Å². The van der Waals surface area contributed by atoms with Crippen molar-refractivity contribution in [3.05, 3.63) is 115 Å². The summed E-state index contributed by atoms with van der Waals surface area (Å²) in [6.07, 6.45) is 0. The minimum absolute atomic E-state index is 0.0186. The van der Waals surface area contributed by atoms with E-state index in [-0.39, 0.29) is 18.3 Å². The Labute approximate surface area is 223 Å². The fourth-order valence-electron chi connectivity index (χ4n) is 4.15. The van der Waals surface area contributed by atoms with Gasteiger partial charge < -0.3 is 4.74 Å². The topological polar surface area (TPSA) is 60.2 Å². The van der Waals surface area contributed by atoms with Gasteiger partial charge in [0.1, 0.15) is 12.4 Å². The van der Waals surface area contributed by atoms with Crippen LogP contribution in [0.5, 0.6) is 5.75 Å². The molecule has 0 bridgehead atoms. The van der Waals surface area contributed by atoms with Gasteiger partial charge in [-0.25, -0.2) is 0 Å². The number of thioether (sulfide) groups is 1. The number of anilines is 2. The number of para-hydroxylation sites is 4. The Hall–Kier alpha value is -4.01. The molecule has 6 nitrogen and oxygen atoms in total. The Morgan fingerprint density at radius 2 is 1.35 bits per heavy atom. The van der Waals surface area contributed by atoms with Crippen molar-refractivity contribution in [2.24, 2.45) is 0 Å². The Morgan fingerprint density at radius 3 is 2.03 bits per heavy atom. The molecule has 182 valence electrons. The molecule has 1 amide bonds. The number of fused-ring (bicyclic) bond motifs is 2. The maximum Gasteiger partial charge on any atom is 0.242 e. The van der Waals surface area contributed by atoms with Gasteiger partial charge in [-0.2, -0.15) is 0 Å². The van der Waals surface area contributed by atoms with Crippen molar-refractivity contribution < 1.29 is 9.53 Å². The van der Waals surface area contributed by atoms with Gasteiger partial charge in [0.05, 0.1) is 17.1 Å². The van der Waals surface area contributed by atoms with Crippen LogP contribution in [0.1, 0.15) is 5.82 Å². The number of ether oxygens (including phenoxy) is 1. The second kappa shape index (κ2) is 10.5. The van der Waals surface area contributed by atoms with Crippen molar-refractivity contribution in [1.82, 2.24) is 14.8 Å². The molecule has 1 aromatic heterocycles. The zero-order valence-electron chi connectivity index (χ0n) is 19.7. The fraction of sp³-hybridized carbons (Fsp3) is 0.0690. The molecular formula is C29H22N4O2S2. The standard InChI is InChI=1S/C29H22N4O2S2/c34-28(33-23-15-7-9-17-25(23)37-26-18-10-8-16-24(26)33)20-36-29-31-30-27(19-35-22-13-5-2-6-14-22)32(29)21-11-3-1-4-12-21/h1-18H,19-20H2. The zero-order chi connectivity index (χ0) is 25.0. The lowest BCUT2D eigenvalue weighted by atomic mass is 10.2. The van der Waals surface area contributed by atoms with Gasteiger partial charge in [-0.05, 0) is 48.5 Å². The van der Waals surface area contributed by atoms with Gasteiger partial charge in [0, 0.05) is 15.5 Å². The number of hydrogen-bond donors (Lipinski definition) is 0. The highest BCUT2D eigenvalue weighted by Crippen LogP contribution is 2.48. The highest BCUT2D eigenvalue weighted by atomic mass is 32.2. The summed E-state index contributed by atoms with van der Waals surface area (Å²) in [4.78, 5) is 17.6. The van der Waals surface area contributed by atoms with E-state index in [1.807, 2.05) is 107 Å². The van der Waals surface area contributed by atoms with Crippen molar-refractivity contribution in [1.29, 1.82) is 0 Å². The summed E-state index contributed by atoms with van der Waals surface area (Å²) in [5, 5.41) is 9.48. The van der Waals surface area contributed by atoms with Crippen LogP contribution in [-0.2, 0) is 11.4 Å². The number of hydrogen-bond acceptors (Lipinski definition) is 6. The van der Waals surface area contributed by atoms with Crippen LogP contribution in [0.25, 0.3) is 5.69 Å². The summed E-state index contributed by atoms with van der Waals surface area (Å²) >= 11 is 3.06. The molecule has 8 heteroatoms. The smallest absolute Gasteiger partial charge is 0.242 e. The van der Waals surface area contributed by atoms with Crippen LogP contribution >= 0.6 is 23.5 Å². The molecule has 2 heterocycles. The quantitative estimate of drug-likeness (QED) is 0.220. The van der Waals surface area contributed by atoms with Crippen LogP contribution in [0, 0.1) is 0 Å². The molecule has 37 heavy (non-hydrogen) atoms. The van der Waals surface area contributed by atoms with Crippen LogP contribution in [0.4, 0.5) is 11.4 Å². The monoisotopic (exact) mass is 522 g/mol. The van der Waals surface area contributed by atoms with Crippen molar-refractivity contribution >= 4 is 40.8 Å². The molecule has 0 saturated carbocycles. The first-order chi connectivity index (χ1) is 18.3. The third kappa shape index (κ3) is 4.85. The molecule has 1 aliphatic heterocycles. The normalized spacial score (nSPS) is 12.1. The van der Waals surface area contributed by atoms with Gasteiger partial charge in [-0.15, -0.1) is 10.2 Å². The van der Waals surface area contributed by atoms with Gasteiger partial charge in [0.15, 0.2) is 11.0 Å². The largest absolute Gasteiger partial charge is 0.486 e. The molecule has 6 rings (SSSR count). The lowest BCUT2D eigenvalue weighted by Gasteiger charge is -2.30. The molecule has 1 aliphatic rings. The van der Waals surface area contributed by atoms with E-state index in [2.05, 4.69) is 22.3 Å². The molecule has 0 fully saturated rings. The SMILES string of the molecule is O=C(CSc1nnc(COc2ccccc2)n1-c1ccccc1)N1c2ccccc2Sc2ccccc21. The number of carbonyl (C=O) groups is 1. The van der Waals surface area contributed by atoms with E-state index in [4.69, 9.17) is 4.74 Å². The molecule has 0 unspecified atom stereocenters. The van der Waals surface area contributed by atoms with Crippen molar-refractivity contribution in [3.63, 3.8) is 0 Å². The zero-order valence-corrected chi connectivity index (χ0v) is 21.4. The Balaban J connectivity index is 1.27. The number of benzene rings is 4. The van der Waals surface area contributed by atoms with Gasteiger partial charge in [-0.1, -0.05) is 84.2 Å². The van der Waals surface area contributed by atoms with Gasteiger partial charge in [-0.3, -0.25) is 14.3 Å². The highest BCUT2D eigenvalue weighted by molar-refractivity contribution is 8.00. The number of aromatic nitrogens is 3. The summed E-state index contributed by atoms with van der Waals surface area (Å²) in [5.74, 6) is 1.61. The first kappa shape index (κ1) is 23.4. The van der Waals surface area contributed by atoms with Crippen LogP contribution in [0.2, 0.25) is 0 Å². The molecule has 0 saturated heterocycles. The van der Waals surface area contributed by atoms with Crippen LogP contribution < -0.4 is 9.64 Å². The minimum Gasteiger partial charge on any atom is -0.486 e. The third-order valence-electron chi connectivity index (χ3n) is 5.83. The van der Waals surface area contributed by atoms with Crippen molar-refractivity contribution in [2.45, 2.75) is 21.6 Å². The second-order valence-corrected chi connectivity index (χ2v) is 10.3. The van der Waals surface area contributed by atoms with Gasteiger partial charge in [0.25, 0.3) is 0 Å². The van der Waals surface area contributed by atoms with Crippen molar-refractivity contribution in [3.8, 4) is 11.4 Å². The number of nitrogens with zero attached hydrogens (tertiary/aromatic N) is 4. The average molecular weight is 523 g/mol. The predicted octanol–water partition coefficient (Wildman–Crippen LogP) is 6.77. The lowest BCUT2D eigenvalue weighted by molar-refractivity contribution is -0.115. The fourth-order valence-corrected chi connectivity index (χ4v) is 6.03. The minimum atomic E-state index is -0.0186. The number of amides is 1. The third-order valence-corrected chi connectivity index (χ3v) is 7.88. The van der Waals surface area contributed by atoms with E-state index >= 15 is 0 Å². The molecule has 5 aromatic rings. The summed E-state index contributed by atoms with van der Waals surface area (Å²) in [6.45, 7) is 0.254. The number of rotatable bonds is 7. The summed E-state index contributed by atoms with van der Waals surface area (Å²) in [7, 11) is 0. The van der Waals surface area contributed by atoms with E-state index in [0.717, 1.165) is 32.6 Å². The van der Waals surface area contributed by atoms with E-state index in [9.17, 15) is 4.79 Å². The van der Waals surface area contributed by atoms with E-state index < -0.39 is 0 Å². The molecule has 0 aliphatic carbocycles. The number of carbonyl (C=O) groups excluding carboxylic acids is 1. The average Bonchev–Trinajstić information content (AvgIpc) is 3.37. The molecule has 4 aromatic carbocycles. The molecule has 0 spiro atoms. The first-order valence-electron chi connectivity index (χ1n) is 11.8. The van der Waals surface area contributed by atoms with Crippen molar-refractivity contribution in [2.75, 3.05) is 10.7 Å². The molecular weight excluding hydrogens is 500 g/mol. The maximum absolute atomic E-state index is 13.7.